The maximum atomic E-state index is 5.69. The molecule has 4 heteroatoms. The van der Waals surface area contributed by atoms with E-state index in [0.717, 1.165) is 25.4 Å². The van der Waals surface area contributed by atoms with Gasteiger partial charge in [0.1, 0.15) is 0 Å². The lowest BCUT2D eigenvalue weighted by Gasteiger charge is -2.38. The van der Waals surface area contributed by atoms with Crippen molar-refractivity contribution in [2.45, 2.75) is 58.8 Å². The molecular weight excluding hydrogens is 250 g/mol. The number of morpholine rings is 1. The molecule has 0 spiro atoms. The van der Waals surface area contributed by atoms with E-state index in [1.54, 1.807) is 0 Å². The van der Waals surface area contributed by atoms with E-state index in [9.17, 15) is 0 Å². The summed E-state index contributed by atoms with van der Waals surface area (Å²) in [6, 6.07) is 4.69. The quantitative estimate of drug-likeness (QED) is 0.921. The molecule has 20 heavy (non-hydrogen) atoms. The molecule has 1 aliphatic rings. The molecule has 4 nitrogen and oxygen atoms in total. The third kappa shape index (κ3) is 4.18. The SMILES string of the molecule is CC1CN(c2ccnc(CNC(C)(C)C)c2)C(C)CO1. The molecule has 2 rings (SSSR count). The van der Waals surface area contributed by atoms with Crippen LogP contribution in [0.1, 0.15) is 40.3 Å². The highest BCUT2D eigenvalue weighted by Crippen LogP contribution is 2.22. The highest BCUT2D eigenvalue weighted by atomic mass is 16.5. The maximum Gasteiger partial charge on any atom is 0.0723 e. The number of hydrogen-bond acceptors (Lipinski definition) is 4. The van der Waals surface area contributed by atoms with Gasteiger partial charge < -0.3 is 15.0 Å². The van der Waals surface area contributed by atoms with Gasteiger partial charge in [0.05, 0.1) is 18.4 Å². The Morgan fingerprint density at radius 3 is 2.85 bits per heavy atom. The van der Waals surface area contributed by atoms with E-state index in [1.807, 2.05) is 6.20 Å². The predicted octanol–water partition coefficient (Wildman–Crippen LogP) is 2.58. The van der Waals surface area contributed by atoms with Crippen LogP contribution >= 0.6 is 0 Å². The molecule has 2 atom stereocenters. The smallest absolute Gasteiger partial charge is 0.0723 e. The Bertz CT molecular complexity index is 442. The number of hydrogen-bond donors (Lipinski definition) is 1. The van der Waals surface area contributed by atoms with Gasteiger partial charge >= 0.3 is 0 Å². The van der Waals surface area contributed by atoms with E-state index < -0.39 is 0 Å². The largest absolute Gasteiger partial charge is 0.375 e. The molecule has 0 radical (unpaired) electrons. The molecule has 0 bridgehead atoms. The van der Waals surface area contributed by atoms with Crippen LogP contribution in [0, 0.1) is 0 Å². The van der Waals surface area contributed by atoms with E-state index in [1.165, 1.54) is 5.69 Å². The highest BCUT2D eigenvalue weighted by Gasteiger charge is 2.23. The van der Waals surface area contributed by atoms with Crippen LogP contribution < -0.4 is 10.2 Å². The van der Waals surface area contributed by atoms with E-state index in [-0.39, 0.29) is 11.6 Å². The van der Waals surface area contributed by atoms with Crippen molar-refractivity contribution in [2.75, 3.05) is 18.1 Å². The van der Waals surface area contributed by atoms with Gasteiger partial charge in [-0.05, 0) is 46.8 Å². The van der Waals surface area contributed by atoms with E-state index in [0.29, 0.717) is 6.04 Å². The van der Waals surface area contributed by atoms with E-state index in [4.69, 9.17) is 4.74 Å². The summed E-state index contributed by atoms with van der Waals surface area (Å²) in [6.07, 6.45) is 2.19. The second-order valence-corrected chi connectivity index (χ2v) is 6.75. The van der Waals surface area contributed by atoms with Gasteiger partial charge in [0.25, 0.3) is 0 Å². The lowest BCUT2D eigenvalue weighted by molar-refractivity contribution is 0.0343. The normalized spacial score (nSPS) is 23.9. The summed E-state index contributed by atoms with van der Waals surface area (Å²) in [7, 11) is 0. The third-order valence-corrected chi connectivity index (χ3v) is 3.54. The number of aromatic nitrogens is 1. The van der Waals surface area contributed by atoms with Gasteiger partial charge in [0.15, 0.2) is 0 Å². The van der Waals surface area contributed by atoms with Crippen LogP contribution in [-0.2, 0) is 11.3 Å². The van der Waals surface area contributed by atoms with E-state index >= 15 is 0 Å². The maximum absolute atomic E-state index is 5.69. The summed E-state index contributed by atoms with van der Waals surface area (Å²) in [6.45, 7) is 13.4. The average Bonchev–Trinajstić information content (AvgIpc) is 2.39. The van der Waals surface area contributed by atoms with Gasteiger partial charge in [-0.2, -0.15) is 0 Å². The summed E-state index contributed by atoms with van der Waals surface area (Å²) in [4.78, 5) is 6.87. The second kappa shape index (κ2) is 6.10. The lowest BCUT2D eigenvalue weighted by atomic mass is 10.1. The standard InChI is InChI=1S/C16H27N3O/c1-12-11-20-13(2)10-19(12)15-6-7-17-14(8-15)9-18-16(3,4)5/h6-8,12-13,18H,9-11H2,1-5H3. The van der Waals surface area contributed by atoms with Crippen LogP contribution in [0.4, 0.5) is 5.69 Å². The Kier molecular flexibility index (Phi) is 4.66. The second-order valence-electron chi connectivity index (χ2n) is 6.75. The van der Waals surface area contributed by atoms with Crippen molar-refractivity contribution >= 4 is 5.69 Å². The van der Waals surface area contributed by atoms with Gasteiger partial charge in [0, 0.05) is 36.6 Å². The molecule has 1 saturated heterocycles. The molecule has 112 valence electrons. The van der Waals surface area contributed by atoms with E-state index in [2.05, 4.69) is 62.0 Å². The fourth-order valence-corrected chi connectivity index (χ4v) is 2.36. The van der Waals surface area contributed by atoms with Crippen molar-refractivity contribution < 1.29 is 4.74 Å². The molecule has 1 N–H and O–H groups in total. The zero-order valence-corrected chi connectivity index (χ0v) is 13.3. The van der Waals surface area contributed by atoms with Crippen LogP contribution in [0.25, 0.3) is 0 Å². The zero-order chi connectivity index (χ0) is 14.8. The summed E-state index contributed by atoms with van der Waals surface area (Å²) in [5.41, 5.74) is 2.44. The summed E-state index contributed by atoms with van der Waals surface area (Å²) < 4.78 is 5.69. The van der Waals surface area contributed by atoms with Crippen molar-refractivity contribution in [1.29, 1.82) is 0 Å². The Hall–Kier alpha value is -1.13. The molecule has 1 aromatic rings. The number of anilines is 1. The van der Waals surface area contributed by atoms with Crippen LogP contribution in [0.2, 0.25) is 0 Å². The predicted molar refractivity (Wildman–Crippen MR) is 83.1 cm³/mol. The highest BCUT2D eigenvalue weighted by molar-refractivity contribution is 5.48. The molecule has 1 aromatic heterocycles. The zero-order valence-electron chi connectivity index (χ0n) is 13.3. The number of nitrogens with one attached hydrogen (secondary N) is 1. The Morgan fingerprint density at radius 2 is 2.15 bits per heavy atom. The van der Waals surface area contributed by atoms with Gasteiger partial charge in [-0.3, -0.25) is 4.98 Å². The lowest BCUT2D eigenvalue weighted by Crippen LogP contribution is -2.47. The summed E-state index contributed by atoms with van der Waals surface area (Å²) in [5.74, 6) is 0. The monoisotopic (exact) mass is 277 g/mol. The van der Waals surface area contributed by atoms with Crippen molar-refractivity contribution in [3.63, 3.8) is 0 Å². The molecule has 0 aliphatic carbocycles. The molecule has 1 aliphatic heterocycles. The minimum absolute atomic E-state index is 0.110. The fraction of sp³-hybridized carbons (Fsp3) is 0.688. The average molecular weight is 277 g/mol. The first-order valence-electron chi connectivity index (χ1n) is 7.43. The minimum Gasteiger partial charge on any atom is -0.375 e. The van der Waals surface area contributed by atoms with Crippen molar-refractivity contribution in [3.8, 4) is 0 Å². The molecule has 0 saturated carbocycles. The van der Waals surface area contributed by atoms with Gasteiger partial charge in [-0.1, -0.05) is 0 Å². The van der Waals surface area contributed by atoms with Crippen LogP contribution in [0.5, 0.6) is 0 Å². The van der Waals surface area contributed by atoms with Gasteiger partial charge in [-0.15, -0.1) is 0 Å². The molecule has 2 unspecified atom stereocenters. The topological polar surface area (TPSA) is 37.4 Å². The minimum atomic E-state index is 0.110. The molecular formula is C16H27N3O. The first-order chi connectivity index (χ1) is 9.35. The fourth-order valence-electron chi connectivity index (χ4n) is 2.36. The first-order valence-corrected chi connectivity index (χ1v) is 7.43. The van der Waals surface area contributed by atoms with Gasteiger partial charge in [0.2, 0.25) is 0 Å². The third-order valence-electron chi connectivity index (χ3n) is 3.54. The van der Waals surface area contributed by atoms with Crippen LogP contribution in [-0.4, -0.2) is 35.8 Å². The number of rotatable bonds is 3. The van der Waals surface area contributed by atoms with Crippen molar-refractivity contribution in [3.05, 3.63) is 24.0 Å². The molecule has 2 heterocycles. The number of ether oxygens (including phenoxy) is 1. The summed E-state index contributed by atoms with van der Waals surface area (Å²) >= 11 is 0. The molecule has 0 amide bonds. The number of pyridine rings is 1. The molecule has 0 aromatic carbocycles. The van der Waals surface area contributed by atoms with Crippen LogP contribution in [0.3, 0.4) is 0 Å². The first kappa shape index (κ1) is 15.3. The van der Waals surface area contributed by atoms with Crippen molar-refractivity contribution in [2.24, 2.45) is 0 Å². The Balaban J connectivity index is 2.08. The summed E-state index contributed by atoms with van der Waals surface area (Å²) in [5, 5.41) is 3.48. The molecule has 1 fully saturated rings. The van der Waals surface area contributed by atoms with Gasteiger partial charge in [-0.25, -0.2) is 0 Å². The Morgan fingerprint density at radius 1 is 1.40 bits per heavy atom. The van der Waals surface area contributed by atoms with Crippen LogP contribution in [0.15, 0.2) is 18.3 Å². The Labute approximate surface area is 122 Å². The number of nitrogens with zero attached hydrogens (tertiary/aromatic N) is 2. The van der Waals surface area contributed by atoms with Crippen molar-refractivity contribution in [1.82, 2.24) is 10.3 Å².